The lowest BCUT2D eigenvalue weighted by Crippen LogP contribution is -2.21. The minimum atomic E-state index is 0.436. The maximum atomic E-state index is 5.14. The van der Waals surface area contributed by atoms with Gasteiger partial charge < -0.3 is 4.74 Å². The molecule has 0 spiro atoms. The van der Waals surface area contributed by atoms with Gasteiger partial charge in [0.1, 0.15) is 5.75 Å². The molecule has 3 nitrogen and oxygen atoms in total. The number of nitrogens with one attached hydrogen (secondary N) is 1. The minimum absolute atomic E-state index is 0.436. The normalized spacial score (nSPS) is 33.9. The number of benzene rings is 1. The van der Waals surface area contributed by atoms with Crippen molar-refractivity contribution in [2.24, 2.45) is 0 Å². The van der Waals surface area contributed by atoms with Crippen molar-refractivity contribution >= 4 is 0 Å². The summed E-state index contributed by atoms with van der Waals surface area (Å²) in [6.45, 7) is 2.39. The third-order valence-electron chi connectivity index (χ3n) is 3.07. The Balaban J connectivity index is 1.82. The van der Waals surface area contributed by atoms with Crippen molar-refractivity contribution in [1.29, 1.82) is 0 Å². The van der Waals surface area contributed by atoms with Gasteiger partial charge in [0.2, 0.25) is 0 Å². The van der Waals surface area contributed by atoms with Crippen LogP contribution in [-0.2, 0) is 0 Å². The Labute approximate surface area is 83.7 Å². The average Bonchev–Trinajstić information content (AvgIpc) is 2.91. The first-order chi connectivity index (χ1) is 6.88. The summed E-state index contributed by atoms with van der Waals surface area (Å²) in [6, 6.07) is 9.11. The fraction of sp³-hybridized carbons (Fsp3) is 0.455. The second kappa shape index (κ2) is 2.97. The molecule has 3 unspecified atom stereocenters. The molecule has 3 atom stereocenters. The van der Waals surface area contributed by atoms with Crippen LogP contribution in [0.1, 0.15) is 11.7 Å². The van der Waals surface area contributed by atoms with Crippen molar-refractivity contribution in [2.45, 2.75) is 12.2 Å². The van der Waals surface area contributed by atoms with Crippen molar-refractivity contribution in [3.63, 3.8) is 0 Å². The molecule has 0 radical (unpaired) electrons. The molecule has 74 valence electrons. The van der Waals surface area contributed by atoms with Crippen LogP contribution < -0.4 is 10.1 Å². The topological polar surface area (TPSA) is 24.3 Å². The van der Waals surface area contributed by atoms with E-state index in [4.69, 9.17) is 4.74 Å². The summed E-state index contributed by atoms with van der Waals surface area (Å²) in [5.41, 5.74) is 1.34. The van der Waals surface area contributed by atoms with Crippen LogP contribution in [0.3, 0.4) is 0 Å². The Hall–Kier alpha value is -1.06. The first-order valence-corrected chi connectivity index (χ1v) is 5.01. The van der Waals surface area contributed by atoms with Gasteiger partial charge >= 0.3 is 0 Å². The maximum absolute atomic E-state index is 5.14. The molecule has 14 heavy (non-hydrogen) atoms. The Morgan fingerprint density at radius 2 is 2.14 bits per heavy atom. The summed E-state index contributed by atoms with van der Waals surface area (Å²) in [5, 5.41) is 3.49. The summed E-state index contributed by atoms with van der Waals surface area (Å²) in [4.78, 5) is 2.47. The highest BCUT2D eigenvalue weighted by atomic mass is 16.5. The van der Waals surface area contributed by atoms with Crippen molar-refractivity contribution in [2.75, 3.05) is 20.2 Å². The summed E-state index contributed by atoms with van der Waals surface area (Å²) in [6.07, 6.45) is 0.436. The van der Waals surface area contributed by atoms with E-state index in [0.717, 1.165) is 18.3 Å². The first-order valence-electron chi connectivity index (χ1n) is 5.01. The zero-order chi connectivity index (χ0) is 9.54. The largest absolute Gasteiger partial charge is 0.497 e. The molecule has 1 N–H and O–H groups in total. The average molecular weight is 190 g/mol. The second-order valence-corrected chi connectivity index (χ2v) is 3.93. The third-order valence-corrected chi connectivity index (χ3v) is 3.07. The highest BCUT2D eigenvalue weighted by Gasteiger charge is 2.45. The van der Waals surface area contributed by atoms with Gasteiger partial charge in [-0.3, -0.25) is 10.2 Å². The second-order valence-electron chi connectivity index (χ2n) is 3.93. The van der Waals surface area contributed by atoms with E-state index >= 15 is 0 Å². The van der Waals surface area contributed by atoms with Crippen LogP contribution in [0.4, 0.5) is 0 Å². The quantitative estimate of drug-likeness (QED) is 0.703. The van der Waals surface area contributed by atoms with Gasteiger partial charge in [0.15, 0.2) is 0 Å². The van der Waals surface area contributed by atoms with E-state index in [1.165, 1.54) is 12.1 Å². The Bertz CT molecular complexity index is 336. The predicted octanol–water partition coefficient (Wildman–Crippen LogP) is 0.981. The summed E-state index contributed by atoms with van der Waals surface area (Å²) < 4.78 is 5.14. The van der Waals surface area contributed by atoms with Gasteiger partial charge in [0.25, 0.3) is 0 Å². The van der Waals surface area contributed by atoms with E-state index < -0.39 is 0 Å². The van der Waals surface area contributed by atoms with Crippen molar-refractivity contribution in [3.8, 4) is 5.75 Å². The van der Waals surface area contributed by atoms with E-state index in [9.17, 15) is 0 Å². The first kappa shape index (κ1) is 8.26. The molecular weight excluding hydrogens is 176 g/mol. The molecule has 2 fully saturated rings. The van der Waals surface area contributed by atoms with Crippen molar-refractivity contribution < 1.29 is 4.74 Å². The summed E-state index contributed by atoms with van der Waals surface area (Å²) in [5.74, 6) is 0.925. The monoisotopic (exact) mass is 190 g/mol. The van der Waals surface area contributed by atoms with Crippen LogP contribution in [0, 0.1) is 0 Å². The number of methoxy groups -OCH3 is 1. The van der Waals surface area contributed by atoms with Gasteiger partial charge in [0, 0.05) is 19.1 Å². The number of fused-ring (bicyclic) bond motifs is 1. The summed E-state index contributed by atoms with van der Waals surface area (Å²) in [7, 11) is 1.70. The molecule has 2 aliphatic heterocycles. The maximum Gasteiger partial charge on any atom is 0.118 e. The number of nitrogens with zero attached hydrogens (tertiary/aromatic N) is 1. The van der Waals surface area contributed by atoms with Crippen molar-refractivity contribution in [1.82, 2.24) is 10.2 Å². The Morgan fingerprint density at radius 1 is 1.36 bits per heavy atom. The van der Waals surface area contributed by atoms with E-state index in [0.29, 0.717) is 6.17 Å². The molecule has 0 amide bonds. The molecule has 2 saturated heterocycles. The number of rotatable bonds is 2. The minimum Gasteiger partial charge on any atom is -0.497 e. The van der Waals surface area contributed by atoms with Crippen LogP contribution in [0.2, 0.25) is 0 Å². The summed E-state index contributed by atoms with van der Waals surface area (Å²) >= 11 is 0. The van der Waals surface area contributed by atoms with Gasteiger partial charge in [0.05, 0.1) is 13.3 Å². The van der Waals surface area contributed by atoms with Crippen LogP contribution in [0.15, 0.2) is 24.3 Å². The van der Waals surface area contributed by atoms with E-state index in [1.54, 1.807) is 7.11 Å². The molecule has 3 rings (SSSR count). The van der Waals surface area contributed by atoms with Gasteiger partial charge in [-0.15, -0.1) is 0 Å². The smallest absolute Gasteiger partial charge is 0.118 e. The number of hydrogen-bond acceptors (Lipinski definition) is 3. The molecule has 1 aromatic carbocycles. The molecule has 0 aromatic heterocycles. The molecule has 2 heterocycles. The zero-order valence-corrected chi connectivity index (χ0v) is 8.23. The lowest BCUT2D eigenvalue weighted by atomic mass is 10.1. The number of hydrogen-bond donors (Lipinski definition) is 1. The van der Waals surface area contributed by atoms with Crippen LogP contribution in [-0.4, -0.2) is 31.1 Å². The molecule has 2 aliphatic rings. The third kappa shape index (κ3) is 1.21. The predicted molar refractivity (Wildman–Crippen MR) is 54.2 cm³/mol. The zero-order valence-electron chi connectivity index (χ0n) is 8.23. The van der Waals surface area contributed by atoms with Crippen LogP contribution in [0.5, 0.6) is 5.75 Å². The number of ether oxygens (including phenoxy) is 1. The SMILES string of the molecule is COc1ccc(C2NCC3CN32)cc1. The molecule has 1 aromatic rings. The van der Waals surface area contributed by atoms with Gasteiger partial charge in [-0.1, -0.05) is 12.1 Å². The fourth-order valence-corrected chi connectivity index (χ4v) is 2.15. The van der Waals surface area contributed by atoms with Crippen molar-refractivity contribution in [3.05, 3.63) is 29.8 Å². The van der Waals surface area contributed by atoms with Crippen LogP contribution >= 0.6 is 0 Å². The molecule has 0 aliphatic carbocycles. The molecule has 3 heteroatoms. The highest BCUT2D eigenvalue weighted by Crippen LogP contribution is 2.35. The molecular formula is C11H14N2O. The Kier molecular flexibility index (Phi) is 1.75. The molecule has 0 saturated carbocycles. The standard InChI is InChI=1S/C11H14N2O/c1-14-10-4-2-8(3-5-10)11-12-6-9-7-13(9)11/h2-5,9,11-12H,6-7H2,1H3. The van der Waals surface area contributed by atoms with E-state index in [2.05, 4.69) is 22.3 Å². The Morgan fingerprint density at radius 3 is 2.64 bits per heavy atom. The van der Waals surface area contributed by atoms with Gasteiger partial charge in [-0.25, -0.2) is 0 Å². The lowest BCUT2D eigenvalue weighted by Gasteiger charge is -2.14. The highest BCUT2D eigenvalue weighted by molar-refractivity contribution is 5.30. The van der Waals surface area contributed by atoms with Gasteiger partial charge in [-0.2, -0.15) is 0 Å². The molecule has 0 bridgehead atoms. The lowest BCUT2D eigenvalue weighted by molar-refractivity contribution is 0.399. The van der Waals surface area contributed by atoms with Gasteiger partial charge in [-0.05, 0) is 17.7 Å². The van der Waals surface area contributed by atoms with E-state index in [-0.39, 0.29) is 0 Å². The van der Waals surface area contributed by atoms with Crippen LogP contribution in [0.25, 0.3) is 0 Å². The fourth-order valence-electron chi connectivity index (χ4n) is 2.15. The van der Waals surface area contributed by atoms with E-state index in [1.807, 2.05) is 12.1 Å².